The van der Waals surface area contributed by atoms with E-state index >= 15 is 0 Å². The van der Waals surface area contributed by atoms with E-state index in [1.807, 2.05) is 12.2 Å². The van der Waals surface area contributed by atoms with Crippen LogP contribution in [-0.2, 0) is 9.59 Å². The van der Waals surface area contributed by atoms with Crippen LogP contribution in [0.5, 0.6) is 0 Å². The summed E-state index contributed by atoms with van der Waals surface area (Å²) in [7, 11) is 0. The molecule has 0 saturated heterocycles. The molecule has 1 fully saturated rings. The Hall–Kier alpha value is -0.0200. The van der Waals surface area contributed by atoms with E-state index in [1.54, 1.807) is 0 Å². The van der Waals surface area contributed by atoms with E-state index in [-0.39, 0.29) is 21.9 Å². The van der Waals surface area contributed by atoms with Crippen molar-refractivity contribution in [3.8, 4) is 0 Å². The van der Waals surface area contributed by atoms with Gasteiger partial charge in [0, 0.05) is 11.8 Å². The average Bonchev–Trinajstić information content (AvgIpc) is 2.87. The summed E-state index contributed by atoms with van der Waals surface area (Å²) in [6.45, 7) is 0. The van der Waals surface area contributed by atoms with E-state index in [0.717, 1.165) is 0 Å². The molecule has 90 valence electrons. The molecule has 0 N–H and O–H groups in total. The minimum atomic E-state index is -1.49. The van der Waals surface area contributed by atoms with Crippen molar-refractivity contribution in [3.63, 3.8) is 0 Å². The zero-order chi connectivity index (χ0) is 12.6. The van der Waals surface area contributed by atoms with E-state index in [9.17, 15) is 9.59 Å². The number of ketones is 2. The van der Waals surface area contributed by atoms with Crippen molar-refractivity contribution >= 4 is 58.0 Å². The summed E-state index contributed by atoms with van der Waals surface area (Å²) in [6.07, 6.45) is 4.23. The summed E-state index contributed by atoms with van der Waals surface area (Å²) < 4.78 is 0. The molecule has 2 bridgehead atoms. The molecule has 3 aliphatic rings. The number of fused-ring (bicyclic) bond motifs is 5. The molecule has 0 aliphatic heterocycles. The van der Waals surface area contributed by atoms with Crippen molar-refractivity contribution < 1.29 is 9.59 Å². The Kier molecular flexibility index (Phi) is 2.33. The molecule has 0 heterocycles. The first-order valence-corrected chi connectivity index (χ1v) is 6.57. The molecule has 0 radical (unpaired) electrons. The van der Waals surface area contributed by atoms with E-state index < -0.39 is 21.3 Å². The van der Waals surface area contributed by atoms with Gasteiger partial charge in [-0.15, -0.1) is 23.2 Å². The second-order valence-electron chi connectivity index (χ2n) is 4.54. The third-order valence-corrected chi connectivity index (χ3v) is 6.30. The molecule has 6 heteroatoms. The van der Waals surface area contributed by atoms with Gasteiger partial charge < -0.3 is 0 Å². The smallest absolute Gasteiger partial charge is 0.199 e. The second-order valence-corrected chi connectivity index (χ2v) is 6.49. The summed E-state index contributed by atoms with van der Waals surface area (Å²) in [6, 6.07) is 0. The molecule has 0 spiro atoms. The summed E-state index contributed by atoms with van der Waals surface area (Å²) in [5.41, 5.74) is 0. The molecule has 3 rings (SSSR count). The van der Waals surface area contributed by atoms with Crippen molar-refractivity contribution in [3.05, 3.63) is 22.2 Å². The van der Waals surface area contributed by atoms with Crippen molar-refractivity contribution in [1.29, 1.82) is 0 Å². The predicted octanol–water partition coefficient (Wildman–Crippen LogP) is 2.99. The molecule has 17 heavy (non-hydrogen) atoms. The number of alkyl halides is 2. The lowest BCUT2D eigenvalue weighted by Gasteiger charge is -2.43. The molecule has 0 aromatic heterocycles. The van der Waals surface area contributed by atoms with Gasteiger partial charge in [-0.05, 0) is 6.42 Å². The highest BCUT2D eigenvalue weighted by molar-refractivity contribution is 6.66. The monoisotopic (exact) mass is 310 g/mol. The number of rotatable bonds is 0. The molecule has 0 aromatic rings. The van der Waals surface area contributed by atoms with Gasteiger partial charge in [-0.1, -0.05) is 35.4 Å². The Balaban J connectivity index is 2.31. The fourth-order valence-corrected chi connectivity index (χ4v) is 4.55. The van der Waals surface area contributed by atoms with Crippen LogP contribution in [0.3, 0.4) is 0 Å². The van der Waals surface area contributed by atoms with Gasteiger partial charge in [-0.2, -0.15) is 0 Å². The Bertz CT molecular complexity index is 480. The number of Topliss-reactive ketones (excluding diaryl/α,β-unsaturated/α-hetero) is 2. The Labute approximate surface area is 118 Å². The Morgan fingerprint density at radius 2 is 1.29 bits per heavy atom. The van der Waals surface area contributed by atoms with Crippen molar-refractivity contribution in [2.45, 2.75) is 16.2 Å². The fraction of sp³-hybridized carbons (Fsp3) is 0.455. The van der Waals surface area contributed by atoms with Gasteiger partial charge in [0.1, 0.15) is 19.8 Å². The molecular formula is C11H6Cl4O2. The molecule has 0 unspecified atom stereocenters. The highest BCUT2D eigenvalue weighted by Crippen LogP contribution is 2.64. The number of halogens is 4. The highest BCUT2D eigenvalue weighted by Gasteiger charge is 2.74. The first-order valence-electron chi connectivity index (χ1n) is 5.06. The zero-order valence-corrected chi connectivity index (χ0v) is 11.4. The van der Waals surface area contributed by atoms with E-state index in [1.165, 1.54) is 0 Å². The van der Waals surface area contributed by atoms with Crippen LogP contribution in [0.25, 0.3) is 0 Å². The van der Waals surface area contributed by atoms with Gasteiger partial charge >= 0.3 is 0 Å². The van der Waals surface area contributed by atoms with Crippen molar-refractivity contribution in [2.75, 3.05) is 0 Å². The van der Waals surface area contributed by atoms with Gasteiger partial charge in [-0.25, -0.2) is 0 Å². The largest absolute Gasteiger partial charge is 0.291 e. The molecule has 1 saturated carbocycles. The summed E-state index contributed by atoms with van der Waals surface area (Å²) in [5.74, 6) is -1.61. The van der Waals surface area contributed by atoms with Crippen LogP contribution in [0.1, 0.15) is 6.42 Å². The molecule has 4 atom stereocenters. The van der Waals surface area contributed by atoms with E-state index in [0.29, 0.717) is 6.42 Å². The molecule has 0 amide bonds. The van der Waals surface area contributed by atoms with Crippen LogP contribution in [0.4, 0.5) is 0 Å². The molecule has 2 nitrogen and oxygen atoms in total. The number of carbonyl (C=O) groups is 2. The SMILES string of the molecule is O=C1C(Cl)=C(Cl)C(=O)[C@@]2(Cl)[C@H]3C=C[C@@H](C3)[C@]12Cl. The van der Waals surface area contributed by atoms with Crippen LogP contribution in [0.2, 0.25) is 0 Å². The van der Waals surface area contributed by atoms with Crippen LogP contribution in [0.15, 0.2) is 22.2 Å². The van der Waals surface area contributed by atoms with Gasteiger partial charge in [-0.3, -0.25) is 9.59 Å². The summed E-state index contributed by atoms with van der Waals surface area (Å²) >= 11 is 24.3. The number of allylic oxidation sites excluding steroid dienone is 4. The Morgan fingerprint density at radius 1 is 0.941 bits per heavy atom. The molecule has 3 aliphatic carbocycles. The zero-order valence-electron chi connectivity index (χ0n) is 8.34. The Morgan fingerprint density at radius 3 is 1.65 bits per heavy atom. The molecule has 0 aromatic carbocycles. The average molecular weight is 312 g/mol. The van der Waals surface area contributed by atoms with Crippen LogP contribution >= 0.6 is 46.4 Å². The van der Waals surface area contributed by atoms with Crippen LogP contribution < -0.4 is 0 Å². The van der Waals surface area contributed by atoms with Crippen LogP contribution in [0, 0.1) is 11.8 Å². The summed E-state index contributed by atoms with van der Waals surface area (Å²) in [4.78, 5) is 21.4. The van der Waals surface area contributed by atoms with Gasteiger partial charge in [0.05, 0.1) is 0 Å². The predicted molar refractivity (Wildman–Crippen MR) is 66.7 cm³/mol. The van der Waals surface area contributed by atoms with Crippen molar-refractivity contribution in [1.82, 2.24) is 0 Å². The van der Waals surface area contributed by atoms with E-state index in [4.69, 9.17) is 46.4 Å². The van der Waals surface area contributed by atoms with Gasteiger partial charge in [0.2, 0.25) is 0 Å². The van der Waals surface area contributed by atoms with E-state index in [2.05, 4.69) is 0 Å². The van der Waals surface area contributed by atoms with Crippen molar-refractivity contribution in [2.24, 2.45) is 11.8 Å². The first-order chi connectivity index (χ1) is 7.85. The standard InChI is InChI=1S/C11H6Cl4O2/c12-6-7(13)9(17)11(15)5-2-1-4(3-5)10(11,14)8(6)16/h1-2,4-5H,3H2/t4-,5-,10-,11-/m0/s1. The fourth-order valence-electron chi connectivity index (χ4n) is 3.01. The van der Waals surface area contributed by atoms with Gasteiger partial charge in [0.15, 0.2) is 11.6 Å². The topological polar surface area (TPSA) is 34.1 Å². The number of carbonyl (C=O) groups excluding carboxylic acids is 2. The maximum atomic E-state index is 12.2. The minimum Gasteiger partial charge on any atom is -0.291 e. The summed E-state index contributed by atoms with van der Waals surface area (Å²) in [5, 5.41) is -0.604. The normalized spacial score (nSPS) is 48.0. The lowest BCUT2D eigenvalue weighted by Crippen LogP contribution is -2.61. The first kappa shape index (κ1) is 12.0. The number of hydrogen-bond donors (Lipinski definition) is 0. The third kappa shape index (κ3) is 1.07. The maximum Gasteiger partial charge on any atom is 0.199 e. The van der Waals surface area contributed by atoms with Crippen LogP contribution in [-0.4, -0.2) is 21.3 Å². The maximum absolute atomic E-state index is 12.2. The minimum absolute atomic E-state index is 0.262. The number of hydrogen-bond acceptors (Lipinski definition) is 2. The van der Waals surface area contributed by atoms with Gasteiger partial charge in [0.25, 0.3) is 0 Å². The third-order valence-electron chi connectivity index (χ3n) is 3.89. The second kappa shape index (κ2) is 3.30. The lowest BCUT2D eigenvalue weighted by atomic mass is 9.73. The molecular weight excluding hydrogens is 306 g/mol. The lowest BCUT2D eigenvalue weighted by molar-refractivity contribution is -0.127. The highest BCUT2D eigenvalue weighted by atomic mass is 35.5. The quantitative estimate of drug-likeness (QED) is 0.509.